The van der Waals surface area contributed by atoms with E-state index in [4.69, 9.17) is 0 Å². The standard InChI is InChI=1S/C18H23FN2O3/c1-12(22)21-7-3-6-16(21)17(23)20-15-10-18(24,11-15)9-13-4-2-5-14(19)8-13/h2,4-5,8,15-16,24H,3,6-7,9-11H2,1H3,(H,20,23). The molecule has 1 unspecified atom stereocenters. The van der Waals surface area contributed by atoms with Crippen LogP contribution in [0, 0.1) is 5.82 Å². The number of rotatable bonds is 4. The van der Waals surface area contributed by atoms with Gasteiger partial charge in [-0.15, -0.1) is 0 Å². The van der Waals surface area contributed by atoms with Crippen LogP contribution < -0.4 is 5.32 Å². The predicted octanol–water partition coefficient (Wildman–Crippen LogP) is 1.39. The molecule has 3 rings (SSSR count). The van der Waals surface area contributed by atoms with Gasteiger partial charge in [-0.05, 0) is 43.4 Å². The van der Waals surface area contributed by atoms with Crippen LogP contribution in [-0.4, -0.2) is 46.1 Å². The second kappa shape index (κ2) is 6.51. The molecule has 6 heteroatoms. The summed E-state index contributed by atoms with van der Waals surface area (Å²) < 4.78 is 13.2. The molecule has 1 saturated carbocycles. The van der Waals surface area contributed by atoms with Gasteiger partial charge in [-0.1, -0.05) is 12.1 Å². The minimum atomic E-state index is -0.901. The van der Waals surface area contributed by atoms with Crippen molar-refractivity contribution in [2.75, 3.05) is 6.54 Å². The molecule has 0 bridgehead atoms. The molecule has 2 aliphatic rings. The zero-order chi connectivity index (χ0) is 17.3. The van der Waals surface area contributed by atoms with E-state index in [1.165, 1.54) is 19.1 Å². The van der Waals surface area contributed by atoms with E-state index in [-0.39, 0.29) is 29.7 Å². The van der Waals surface area contributed by atoms with E-state index >= 15 is 0 Å². The van der Waals surface area contributed by atoms with Crippen molar-refractivity contribution in [1.82, 2.24) is 10.2 Å². The highest BCUT2D eigenvalue weighted by molar-refractivity contribution is 5.87. The second-order valence-electron chi connectivity index (χ2n) is 7.02. The number of benzene rings is 1. The summed E-state index contributed by atoms with van der Waals surface area (Å²) in [5, 5.41) is 13.4. The summed E-state index contributed by atoms with van der Waals surface area (Å²) in [6.45, 7) is 2.11. The van der Waals surface area contributed by atoms with Crippen LogP contribution in [0.4, 0.5) is 4.39 Å². The summed E-state index contributed by atoms with van der Waals surface area (Å²) in [4.78, 5) is 25.5. The summed E-state index contributed by atoms with van der Waals surface area (Å²) in [5.41, 5.74) is -0.150. The number of halogens is 1. The number of hydrogen-bond donors (Lipinski definition) is 2. The number of amides is 2. The maximum absolute atomic E-state index is 13.2. The van der Waals surface area contributed by atoms with E-state index in [9.17, 15) is 19.1 Å². The van der Waals surface area contributed by atoms with E-state index in [0.717, 1.165) is 12.0 Å². The van der Waals surface area contributed by atoms with Crippen molar-refractivity contribution in [2.24, 2.45) is 0 Å². The Labute approximate surface area is 140 Å². The van der Waals surface area contributed by atoms with Gasteiger partial charge in [0.2, 0.25) is 11.8 Å². The summed E-state index contributed by atoms with van der Waals surface area (Å²) in [6.07, 6.45) is 2.79. The van der Waals surface area contributed by atoms with Crippen LogP contribution in [0.15, 0.2) is 24.3 Å². The fourth-order valence-corrected chi connectivity index (χ4v) is 3.84. The summed E-state index contributed by atoms with van der Waals surface area (Å²) in [7, 11) is 0. The number of nitrogens with one attached hydrogen (secondary N) is 1. The van der Waals surface area contributed by atoms with Crippen molar-refractivity contribution in [3.05, 3.63) is 35.6 Å². The summed E-state index contributed by atoms with van der Waals surface area (Å²) >= 11 is 0. The maximum atomic E-state index is 13.2. The molecule has 1 aromatic rings. The van der Waals surface area contributed by atoms with Crippen molar-refractivity contribution in [2.45, 2.75) is 56.7 Å². The highest BCUT2D eigenvalue weighted by Crippen LogP contribution is 2.35. The molecule has 1 atom stereocenters. The van der Waals surface area contributed by atoms with E-state index < -0.39 is 5.60 Å². The maximum Gasteiger partial charge on any atom is 0.243 e. The Morgan fingerprint density at radius 3 is 2.83 bits per heavy atom. The van der Waals surface area contributed by atoms with Crippen molar-refractivity contribution in [1.29, 1.82) is 0 Å². The van der Waals surface area contributed by atoms with E-state index in [0.29, 0.717) is 32.2 Å². The lowest BCUT2D eigenvalue weighted by Crippen LogP contribution is -2.58. The Morgan fingerprint density at radius 1 is 1.42 bits per heavy atom. The number of carbonyl (C=O) groups excluding carboxylic acids is 2. The molecule has 2 amide bonds. The molecule has 1 heterocycles. The monoisotopic (exact) mass is 334 g/mol. The molecule has 0 radical (unpaired) electrons. The third kappa shape index (κ3) is 3.59. The molecule has 1 saturated heterocycles. The molecule has 130 valence electrons. The molecule has 2 N–H and O–H groups in total. The normalized spacial score (nSPS) is 29.2. The fourth-order valence-electron chi connectivity index (χ4n) is 3.84. The number of aliphatic hydroxyl groups is 1. The van der Waals surface area contributed by atoms with Crippen LogP contribution in [0.2, 0.25) is 0 Å². The SMILES string of the molecule is CC(=O)N1CCCC1C(=O)NC1CC(O)(Cc2cccc(F)c2)C1. The first-order chi connectivity index (χ1) is 11.4. The highest BCUT2D eigenvalue weighted by Gasteiger charge is 2.44. The first-order valence-corrected chi connectivity index (χ1v) is 8.41. The smallest absolute Gasteiger partial charge is 0.243 e. The van der Waals surface area contributed by atoms with Crippen molar-refractivity contribution in [3.63, 3.8) is 0 Å². The van der Waals surface area contributed by atoms with Gasteiger partial charge in [-0.25, -0.2) is 4.39 Å². The van der Waals surface area contributed by atoms with Gasteiger partial charge < -0.3 is 15.3 Å². The molecule has 0 aromatic heterocycles. The topological polar surface area (TPSA) is 69.6 Å². The van der Waals surface area contributed by atoms with E-state index in [1.807, 2.05) is 0 Å². The molecule has 2 fully saturated rings. The Balaban J connectivity index is 1.51. The Hall–Kier alpha value is -1.95. The molecule has 0 spiro atoms. The lowest BCUT2D eigenvalue weighted by molar-refractivity contribution is -0.139. The van der Waals surface area contributed by atoms with Crippen LogP contribution in [0.25, 0.3) is 0 Å². The first-order valence-electron chi connectivity index (χ1n) is 8.41. The Bertz CT molecular complexity index is 643. The van der Waals surface area contributed by atoms with Crippen molar-refractivity contribution >= 4 is 11.8 Å². The number of likely N-dealkylation sites (tertiary alicyclic amines) is 1. The number of hydrogen-bond acceptors (Lipinski definition) is 3. The van der Waals surface area contributed by atoms with Gasteiger partial charge in [-0.3, -0.25) is 9.59 Å². The minimum Gasteiger partial charge on any atom is -0.389 e. The molecule has 24 heavy (non-hydrogen) atoms. The first kappa shape index (κ1) is 16.9. The van der Waals surface area contributed by atoms with Crippen LogP contribution in [-0.2, 0) is 16.0 Å². The molecule has 1 aliphatic heterocycles. The van der Waals surface area contributed by atoms with Gasteiger partial charge >= 0.3 is 0 Å². The van der Waals surface area contributed by atoms with Gasteiger partial charge in [-0.2, -0.15) is 0 Å². The largest absolute Gasteiger partial charge is 0.389 e. The van der Waals surface area contributed by atoms with Crippen molar-refractivity contribution in [3.8, 4) is 0 Å². The average molecular weight is 334 g/mol. The molecular weight excluding hydrogens is 311 g/mol. The van der Waals surface area contributed by atoms with Crippen LogP contribution >= 0.6 is 0 Å². The summed E-state index contributed by atoms with van der Waals surface area (Å²) in [6, 6.07) is 5.73. The fraction of sp³-hybridized carbons (Fsp3) is 0.556. The van der Waals surface area contributed by atoms with Gasteiger partial charge in [0.25, 0.3) is 0 Å². The van der Waals surface area contributed by atoms with Gasteiger partial charge in [0.15, 0.2) is 0 Å². The molecule has 1 aromatic carbocycles. The molecular formula is C18H23FN2O3. The number of carbonyl (C=O) groups is 2. The Kier molecular flexibility index (Phi) is 4.58. The van der Waals surface area contributed by atoms with Gasteiger partial charge in [0.05, 0.1) is 5.60 Å². The van der Waals surface area contributed by atoms with Crippen LogP contribution in [0.5, 0.6) is 0 Å². The molecule has 1 aliphatic carbocycles. The number of nitrogens with zero attached hydrogens (tertiary/aromatic N) is 1. The Morgan fingerprint density at radius 2 is 2.17 bits per heavy atom. The zero-order valence-electron chi connectivity index (χ0n) is 13.8. The average Bonchev–Trinajstić information content (AvgIpc) is 2.95. The lowest BCUT2D eigenvalue weighted by Gasteiger charge is -2.44. The quantitative estimate of drug-likeness (QED) is 0.874. The lowest BCUT2D eigenvalue weighted by atomic mass is 9.72. The van der Waals surface area contributed by atoms with E-state index in [1.54, 1.807) is 17.0 Å². The van der Waals surface area contributed by atoms with Crippen LogP contribution in [0.1, 0.15) is 38.2 Å². The zero-order valence-corrected chi connectivity index (χ0v) is 13.8. The second-order valence-corrected chi connectivity index (χ2v) is 7.02. The van der Waals surface area contributed by atoms with Gasteiger partial charge in [0, 0.05) is 25.9 Å². The van der Waals surface area contributed by atoms with Gasteiger partial charge in [0.1, 0.15) is 11.9 Å². The highest BCUT2D eigenvalue weighted by atomic mass is 19.1. The van der Waals surface area contributed by atoms with E-state index in [2.05, 4.69) is 5.32 Å². The third-order valence-electron chi connectivity index (χ3n) is 4.98. The summed E-state index contributed by atoms with van der Waals surface area (Å²) in [5.74, 6) is -0.532. The predicted molar refractivity (Wildman–Crippen MR) is 86.6 cm³/mol. The van der Waals surface area contributed by atoms with Crippen LogP contribution in [0.3, 0.4) is 0 Å². The molecule has 5 nitrogen and oxygen atoms in total. The minimum absolute atomic E-state index is 0.0798. The van der Waals surface area contributed by atoms with Crippen molar-refractivity contribution < 1.29 is 19.1 Å². The third-order valence-corrected chi connectivity index (χ3v) is 4.98.